The van der Waals surface area contributed by atoms with Gasteiger partial charge in [0.05, 0.1) is 6.61 Å². The molecule has 0 spiro atoms. The summed E-state index contributed by atoms with van der Waals surface area (Å²) in [7, 11) is 1.42. The van der Waals surface area contributed by atoms with E-state index in [1.807, 2.05) is 30.3 Å². The van der Waals surface area contributed by atoms with Crippen LogP contribution in [0.3, 0.4) is 0 Å². The van der Waals surface area contributed by atoms with Crippen molar-refractivity contribution >= 4 is 5.97 Å². The van der Waals surface area contributed by atoms with Crippen LogP contribution in [0.2, 0.25) is 0 Å². The maximum Gasteiger partial charge on any atom is 0.409 e. The van der Waals surface area contributed by atoms with Crippen LogP contribution in [0.5, 0.6) is 0 Å². The predicted octanol–water partition coefficient (Wildman–Crippen LogP) is 4.14. The van der Waals surface area contributed by atoms with Gasteiger partial charge in [-0.15, -0.1) is 0 Å². The number of hydrogen-bond donors (Lipinski definition) is 0. The lowest BCUT2D eigenvalue weighted by Gasteiger charge is -2.18. The number of methoxy groups -OCH3 is 1. The summed E-state index contributed by atoms with van der Waals surface area (Å²) in [5.41, 5.74) is -0.948. The van der Waals surface area contributed by atoms with Crippen LogP contribution in [-0.2, 0) is 20.9 Å². The number of esters is 1. The summed E-state index contributed by atoms with van der Waals surface area (Å²) in [6.07, 6.45) is -3.18. The van der Waals surface area contributed by atoms with Crippen LogP contribution in [-0.4, -0.2) is 25.9 Å². The number of carbonyl (C=O) groups is 1. The zero-order valence-electron chi connectivity index (χ0n) is 13.9. The summed E-state index contributed by atoms with van der Waals surface area (Å²) < 4.78 is 47.9. The van der Waals surface area contributed by atoms with Crippen molar-refractivity contribution in [3.63, 3.8) is 0 Å². The summed E-state index contributed by atoms with van der Waals surface area (Å²) in [5, 5.41) is 0. The van der Waals surface area contributed by atoms with Crippen molar-refractivity contribution in [3.8, 4) is 0 Å². The molecule has 0 radical (unpaired) electrons. The third-order valence-corrected chi connectivity index (χ3v) is 4.80. The molecule has 0 bridgehead atoms. The molecule has 0 N–H and O–H groups in total. The molecule has 2 unspecified atom stereocenters. The lowest BCUT2D eigenvalue weighted by atomic mass is 9.97. The molecule has 0 heterocycles. The van der Waals surface area contributed by atoms with Crippen molar-refractivity contribution in [2.24, 2.45) is 16.7 Å². The highest BCUT2D eigenvalue weighted by Crippen LogP contribution is 2.70. The Kier molecular flexibility index (Phi) is 5.08. The molecule has 1 saturated carbocycles. The van der Waals surface area contributed by atoms with Gasteiger partial charge in [0, 0.05) is 19.1 Å². The SMILES string of the molecule is COCC1(C(=O)OCc2ccccc2)C(C=CC(F)(F)F)C1(C)C. The van der Waals surface area contributed by atoms with Crippen molar-refractivity contribution in [2.75, 3.05) is 13.7 Å². The van der Waals surface area contributed by atoms with Gasteiger partial charge in [0.1, 0.15) is 12.0 Å². The van der Waals surface area contributed by atoms with E-state index in [1.165, 1.54) is 7.11 Å². The van der Waals surface area contributed by atoms with E-state index in [2.05, 4.69) is 0 Å². The van der Waals surface area contributed by atoms with Crippen LogP contribution < -0.4 is 0 Å². The molecule has 1 aliphatic rings. The van der Waals surface area contributed by atoms with Crippen molar-refractivity contribution in [2.45, 2.75) is 26.6 Å². The molecule has 2 rings (SSSR count). The minimum Gasteiger partial charge on any atom is -0.460 e. The minimum absolute atomic E-state index is 0.0144. The number of ether oxygens (including phenoxy) is 2. The van der Waals surface area contributed by atoms with Gasteiger partial charge in [-0.1, -0.05) is 50.3 Å². The molecule has 24 heavy (non-hydrogen) atoms. The number of hydrogen-bond acceptors (Lipinski definition) is 3. The highest BCUT2D eigenvalue weighted by Gasteiger charge is 2.75. The van der Waals surface area contributed by atoms with Crippen molar-refractivity contribution in [1.82, 2.24) is 0 Å². The topological polar surface area (TPSA) is 35.5 Å². The lowest BCUT2D eigenvalue weighted by Crippen LogP contribution is -2.29. The van der Waals surface area contributed by atoms with Crippen molar-refractivity contribution < 1.29 is 27.4 Å². The Morgan fingerprint density at radius 1 is 1.25 bits per heavy atom. The zero-order valence-corrected chi connectivity index (χ0v) is 13.9. The molecule has 6 heteroatoms. The fraction of sp³-hybridized carbons (Fsp3) is 0.500. The largest absolute Gasteiger partial charge is 0.460 e. The third kappa shape index (κ3) is 3.48. The van der Waals surface area contributed by atoms with Gasteiger partial charge in [0.2, 0.25) is 0 Å². The van der Waals surface area contributed by atoms with Crippen LogP contribution in [0, 0.1) is 16.7 Å². The maximum atomic E-state index is 12.6. The number of carbonyl (C=O) groups excluding carboxylic acids is 1. The summed E-state index contributed by atoms with van der Waals surface area (Å²) in [6, 6.07) is 9.12. The van der Waals surface area contributed by atoms with Crippen LogP contribution >= 0.6 is 0 Å². The van der Waals surface area contributed by atoms with Gasteiger partial charge in [0.25, 0.3) is 0 Å². The van der Waals surface area contributed by atoms with E-state index in [0.29, 0.717) is 0 Å². The first-order chi connectivity index (χ1) is 11.1. The standard InChI is InChI=1S/C18H21F3O3/c1-16(2)14(9-10-18(19,20)21)17(16,12-23-3)15(22)24-11-13-7-5-4-6-8-13/h4-10,14H,11-12H2,1-3H3. The second-order valence-corrected chi connectivity index (χ2v) is 6.57. The first-order valence-electron chi connectivity index (χ1n) is 7.61. The smallest absolute Gasteiger partial charge is 0.409 e. The first-order valence-corrected chi connectivity index (χ1v) is 7.61. The van der Waals surface area contributed by atoms with Crippen LogP contribution in [0.1, 0.15) is 19.4 Å². The Morgan fingerprint density at radius 2 is 1.88 bits per heavy atom. The van der Waals surface area contributed by atoms with E-state index < -0.39 is 28.9 Å². The molecule has 132 valence electrons. The average molecular weight is 342 g/mol. The van der Waals surface area contributed by atoms with Gasteiger partial charge in [-0.2, -0.15) is 13.2 Å². The monoisotopic (exact) mass is 342 g/mol. The van der Waals surface area contributed by atoms with Gasteiger partial charge in [0.15, 0.2) is 0 Å². The van der Waals surface area contributed by atoms with Crippen LogP contribution in [0.4, 0.5) is 13.2 Å². The molecule has 1 aromatic rings. The Hall–Kier alpha value is -1.82. The van der Waals surface area contributed by atoms with E-state index in [1.54, 1.807) is 13.8 Å². The molecule has 0 saturated heterocycles. The number of halogens is 3. The summed E-state index contributed by atoms with van der Waals surface area (Å²) in [6.45, 7) is 3.60. The molecular formula is C18H21F3O3. The van der Waals surface area contributed by atoms with E-state index >= 15 is 0 Å². The van der Waals surface area contributed by atoms with Crippen molar-refractivity contribution in [1.29, 1.82) is 0 Å². The Morgan fingerprint density at radius 3 is 2.42 bits per heavy atom. The van der Waals surface area contributed by atoms with Gasteiger partial charge < -0.3 is 9.47 Å². The summed E-state index contributed by atoms with van der Waals surface area (Å²) in [4.78, 5) is 12.6. The van der Waals surface area contributed by atoms with E-state index in [4.69, 9.17) is 9.47 Å². The fourth-order valence-electron chi connectivity index (χ4n) is 3.31. The van der Waals surface area contributed by atoms with Gasteiger partial charge in [-0.05, 0) is 11.0 Å². The van der Waals surface area contributed by atoms with Crippen LogP contribution in [0.25, 0.3) is 0 Å². The van der Waals surface area contributed by atoms with Gasteiger partial charge in [-0.3, -0.25) is 4.79 Å². The third-order valence-electron chi connectivity index (χ3n) is 4.80. The Bertz CT molecular complexity index is 608. The minimum atomic E-state index is -4.41. The maximum absolute atomic E-state index is 12.6. The molecule has 3 nitrogen and oxygen atoms in total. The fourth-order valence-corrected chi connectivity index (χ4v) is 3.31. The first kappa shape index (κ1) is 18.5. The zero-order chi connectivity index (χ0) is 18.0. The molecule has 1 aromatic carbocycles. The summed E-state index contributed by atoms with van der Waals surface area (Å²) >= 11 is 0. The second-order valence-electron chi connectivity index (χ2n) is 6.57. The number of rotatable bonds is 6. The lowest BCUT2D eigenvalue weighted by molar-refractivity contribution is -0.156. The van der Waals surface area contributed by atoms with Gasteiger partial charge >= 0.3 is 12.1 Å². The highest BCUT2D eigenvalue weighted by atomic mass is 19.4. The Labute approximate surface area is 139 Å². The molecule has 0 amide bonds. The second kappa shape index (κ2) is 6.59. The molecule has 1 fully saturated rings. The molecule has 0 aromatic heterocycles. The Balaban J connectivity index is 2.15. The molecule has 0 aliphatic heterocycles. The number of benzene rings is 1. The van der Waals surface area contributed by atoms with E-state index in [0.717, 1.165) is 11.6 Å². The number of alkyl halides is 3. The van der Waals surface area contributed by atoms with Crippen LogP contribution in [0.15, 0.2) is 42.5 Å². The molecule has 1 aliphatic carbocycles. The summed E-state index contributed by atoms with van der Waals surface area (Å²) in [5.74, 6) is -1.12. The average Bonchev–Trinajstić information content (AvgIpc) is 2.99. The normalized spacial score (nSPS) is 25.7. The van der Waals surface area contributed by atoms with E-state index in [-0.39, 0.29) is 19.3 Å². The van der Waals surface area contributed by atoms with Crippen molar-refractivity contribution in [3.05, 3.63) is 48.0 Å². The van der Waals surface area contributed by atoms with Gasteiger partial charge in [-0.25, -0.2) is 0 Å². The number of allylic oxidation sites excluding steroid dienone is 2. The predicted molar refractivity (Wildman–Crippen MR) is 83.0 cm³/mol. The molecule has 2 atom stereocenters. The molecular weight excluding hydrogens is 321 g/mol. The highest BCUT2D eigenvalue weighted by molar-refractivity contribution is 5.83. The van der Waals surface area contributed by atoms with E-state index in [9.17, 15) is 18.0 Å². The quantitative estimate of drug-likeness (QED) is 0.576.